The van der Waals surface area contributed by atoms with Crippen LogP contribution < -0.4 is 5.32 Å². The van der Waals surface area contributed by atoms with E-state index in [1.807, 2.05) is 12.1 Å². The van der Waals surface area contributed by atoms with Gasteiger partial charge in [-0.25, -0.2) is 0 Å². The summed E-state index contributed by atoms with van der Waals surface area (Å²) in [6.07, 6.45) is 14.5. The van der Waals surface area contributed by atoms with Crippen molar-refractivity contribution in [3.05, 3.63) is 41.7 Å². The first-order valence-electron chi connectivity index (χ1n) is 13.0. The van der Waals surface area contributed by atoms with Gasteiger partial charge in [0.2, 0.25) is 0 Å². The van der Waals surface area contributed by atoms with E-state index < -0.39 is 5.60 Å². The second kappa shape index (κ2) is 8.78. The number of pyridine rings is 1. The number of fused-ring (bicyclic) bond motifs is 5. The van der Waals surface area contributed by atoms with E-state index in [0.717, 1.165) is 43.4 Å². The van der Waals surface area contributed by atoms with Crippen molar-refractivity contribution in [3.8, 4) is 0 Å². The lowest BCUT2D eigenvalue weighted by Crippen LogP contribution is -2.53. The minimum Gasteiger partial charge on any atom is -0.390 e. The highest BCUT2D eigenvalue weighted by Gasteiger charge is 2.62. The molecule has 0 saturated heterocycles. The number of rotatable bonds is 5. The van der Waals surface area contributed by atoms with Gasteiger partial charge in [0.1, 0.15) is 0 Å². The summed E-state index contributed by atoms with van der Waals surface area (Å²) in [7, 11) is 0. The normalized spacial score (nSPS) is 40.1. The number of hydrogen-bond donors (Lipinski definition) is 2. The van der Waals surface area contributed by atoms with E-state index in [0.29, 0.717) is 24.3 Å². The second-order valence-electron chi connectivity index (χ2n) is 11.8. The van der Waals surface area contributed by atoms with Crippen LogP contribution in [0.2, 0.25) is 0 Å². The van der Waals surface area contributed by atoms with Crippen molar-refractivity contribution in [1.29, 1.82) is 0 Å². The number of aliphatic hydroxyl groups is 1. The molecule has 1 aromatic heterocycles. The Morgan fingerprint density at radius 3 is 2.68 bits per heavy atom. The molecule has 184 valence electrons. The molecule has 0 spiro atoms. The molecule has 1 aromatic rings. The highest BCUT2D eigenvalue weighted by atomic mass is 16.6. The van der Waals surface area contributed by atoms with Crippen LogP contribution in [0, 0.1) is 28.6 Å². The van der Waals surface area contributed by atoms with Crippen molar-refractivity contribution in [3.63, 3.8) is 0 Å². The van der Waals surface area contributed by atoms with E-state index in [1.165, 1.54) is 24.8 Å². The third-order valence-corrected chi connectivity index (χ3v) is 10.2. The molecule has 3 fully saturated rings. The third kappa shape index (κ3) is 3.98. The topological polar surface area (TPSA) is 83.8 Å². The Balaban J connectivity index is 1.20. The molecule has 6 heteroatoms. The van der Waals surface area contributed by atoms with E-state index in [4.69, 9.17) is 4.84 Å². The number of nitrogens with one attached hydrogen (secondary N) is 1. The van der Waals surface area contributed by atoms with E-state index in [-0.39, 0.29) is 23.3 Å². The smallest absolute Gasteiger partial charge is 0.261 e. The lowest BCUT2D eigenvalue weighted by Gasteiger charge is -2.59. The molecule has 4 aliphatic carbocycles. The molecule has 1 amide bonds. The second-order valence-corrected chi connectivity index (χ2v) is 11.8. The lowest BCUT2D eigenvalue weighted by atomic mass is 9.46. The highest BCUT2D eigenvalue weighted by molar-refractivity contribution is 5.96. The molecule has 5 rings (SSSR count). The van der Waals surface area contributed by atoms with Crippen molar-refractivity contribution < 1.29 is 14.7 Å². The molecule has 1 heterocycles. The molecule has 0 radical (unpaired) electrons. The molecule has 34 heavy (non-hydrogen) atoms. The zero-order chi connectivity index (χ0) is 24.0. The molecule has 0 bridgehead atoms. The number of amides is 1. The number of aromatic nitrogens is 1. The summed E-state index contributed by atoms with van der Waals surface area (Å²) < 4.78 is 0. The minimum absolute atomic E-state index is 0.0683. The Morgan fingerprint density at radius 1 is 1.12 bits per heavy atom. The van der Waals surface area contributed by atoms with E-state index in [1.54, 1.807) is 12.4 Å². The average Bonchev–Trinajstić information content (AvgIpc) is 3.07. The SMILES string of the molecule is C[C@]12CC/C(=N\OCC(=O)NCc3ccncc3)C=C1CC[C@@H]1[C@@H]2CC[C@@]2(C)[C@H]1CC[C@]2(C)O. The van der Waals surface area contributed by atoms with Gasteiger partial charge in [0.25, 0.3) is 5.91 Å². The summed E-state index contributed by atoms with van der Waals surface area (Å²) in [4.78, 5) is 21.5. The number of nitrogens with zero attached hydrogens (tertiary/aromatic N) is 2. The zero-order valence-corrected chi connectivity index (χ0v) is 20.8. The fraction of sp³-hybridized carbons (Fsp3) is 0.679. The van der Waals surface area contributed by atoms with Crippen LogP contribution in [0.3, 0.4) is 0 Å². The van der Waals surface area contributed by atoms with Gasteiger partial charge in [-0.05, 0) is 111 Å². The third-order valence-electron chi connectivity index (χ3n) is 10.2. The molecule has 6 atom stereocenters. The van der Waals surface area contributed by atoms with Crippen LogP contribution in [0.25, 0.3) is 0 Å². The fourth-order valence-electron chi connectivity index (χ4n) is 7.81. The van der Waals surface area contributed by atoms with Crippen LogP contribution in [0.1, 0.15) is 77.7 Å². The minimum atomic E-state index is -0.520. The molecule has 0 aliphatic heterocycles. The summed E-state index contributed by atoms with van der Waals surface area (Å²) in [5, 5.41) is 18.3. The largest absolute Gasteiger partial charge is 0.390 e. The van der Waals surface area contributed by atoms with Crippen LogP contribution >= 0.6 is 0 Å². The summed E-state index contributed by atoms with van der Waals surface area (Å²) in [6, 6.07) is 3.76. The number of hydrogen-bond acceptors (Lipinski definition) is 5. The first kappa shape index (κ1) is 23.5. The van der Waals surface area contributed by atoms with E-state index in [2.05, 4.69) is 42.3 Å². The Bertz CT molecular complexity index is 988. The van der Waals surface area contributed by atoms with Crippen molar-refractivity contribution in [1.82, 2.24) is 10.3 Å². The molecule has 0 unspecified atom stereocenters. The maximum atomic E-state index is 12.1. The molecular formula is C28H39N3O3. The predicted molar refractivity (Wildman–Crippen MR) is 132 cm³/mol. The Morgan fingerprint density at radius 2 is 1.88 bits per heavy atom. The van der Waals surface area contributed by atoms with E-state index in [9.17, 15) is 9.90 Å². The van der Waals surface area contributed by atoms with E-state index >= 15 is 0 Å². The molecular weight excluding hydrogens is 426 g/mol. The van der Waals surface area contributed by atoms with Gasteiger partial charge in [-0.2, -0.15) is 0 Å². The van der Waals surface area contributed by atoms with Crippen molar-refractivity contribution in [2.24, 2.45) is 33.7 Å². The van der Waals surface area contributed by atoms with Gasteiger partial charge in [-0.3, -0.25) is 9.78 Å². The van der Waals surface area contributed by atoms with Crippen LogP contribution in [-0.2, 0) is 16.2 Å². The summed E-state index contributed by atoms with van der Waals surface area (Å²) in [6.45, 7) is 7.29. The molecule has 0 aromatic carbocycles. The standard InChI is InChI=1S/C28H39N3O3/c1-26-11-6-21(31-34-18-25(32)30-17-19-9-14-29-15-10-19)16-20(26)4-5-22-23(26)7-12-27(2)24(22)8-13-28(27,3)33/h9-10,14-16,22-24,33H,4-8,11-13,17-18H2,1-3H3,(H,30,32)/b31-21+/t22-,23+,24+,26+,27+,28+/m1/s1. The highest BCUT2D eigenvalue weighted by Crippen LogP contribution is 2.67. The van der Waals surface area contributed by atoms with Crippen LogP contribution in [0.15, 0.2) is 41.3 Å². The molecule has 3 saturated carbocycles. The Kier molecular flexibility index (Phi) is 6.07. The molecule has 2 N–H and O–H groups in total. The van der Waals surface area contributed by atoms with Crippen LogP contribution in [0.4, 0.5) is 0 Å². The van der Waals surface area contributed by atoms with Gasteiger partial charge in [-0.15, -0.1) is 0 Å². The first-order valence-corrected chi connectivity index (χ1v) is 13.0. The Labute approximate surface area is 203 Å². The molecule has 6 nitrogen and oxygen atoms in total. The summed E-state index contributed by atoms with van der Waals surface area (Å²) >= 11 is 0. The number of allylic oxidation sites excluding steroid dienone is 2. The van der Waals surface area contributed by atoms with Crippen LogP contribution in [0.5, 0.6) is 0 Å². The maximum Gasteiger partial charge on any atom is 0.261 e. The van der Waals surface area contributed by atoms with Gasteiger partial charge in [0.15, 0.2) is 6.61 Å². The first-order chi connectivity index (χ1) is 16.2. The fourth-order valence-corrected chi connectivity index (χ4v) is 7.81. The monoisotopic (exact) mass is 465 g/mol. The number of oxime groups is 1. The van der Waals surface area contributed by atoms with Gasteiger partial charge in [0.05, 0.1) is 11.3 Å². The Hall–Kier alpha value is -2.21. The van der Waals surface area contributed by atoms with Crippen molar-refractivity contribution in [2.75, 3.05) is 6.61 Å². The predicted octanol–water partition coefficient (Wildman–Crippen LogP) is 4.78. The van der Waals surface area contributed by atoms with Crippen molar-refractivity contribution in [2.45, 2.75) is 84.3 Å². The maximum absolute atomic E-state index is 12.1. The van der Waals surface area contributed by atoms with Gasteiger partial charge >= 0.3 is 0 Å². The van der Waals surface area contributed by atoms with Gasteiger partial charge in [-0.1, -0.05) is 24.6 Å². The molecule has 4 aliphatic rings. The number of carbonyl (C=O) groups is 1. The van der Waals surface area contributed by atoms with Crippen LogP contribution in [-0.4, -0.2) is 33.9 Å². The van der Waals surface area contributed by atoms with Gasteiger partial charge in [0, 0.05) is 18.9 Å². The number of carbonyl (C=O) groups excluding carboxylic acids is 1. The average molecular weight is 466 g/mol. The summed E-state index contributed by atoms with van der Waals surface area (Å²) in [5.41, 5.74) is 3.24. The lowest BCUT2D eigenvalue weighted by molar-refractivity contribution is -0.125. The summed E-state index contributed by atoms with van der Waals surface area (Å²) in [5.74, 6) is 1.88. The van der Waals surface area contributed by atoms with Crippen molar-refractivity contribution >= 4 is 11.6 Å². The quantitative estimate of drug-likeness (QED) is 0.613. The van der Waals surface area contributed by atoms with Gasteiger partial charge < -0.3 is 15.3 Å². The zero-order valence-electron chi connectivity index (χ0n) is 20.8.